The monoisotopic (exact) mass is 594 g/mol. The molecule has 7 heteroatoms. The minimum atomic E-state index is 0.141. The van der Waals surface area contributed by atoms with Crippen molar-refractivity contribution in [3.05, 3.63) is 95.1 Å². The standard InChI is InChI=1S/C37H46N4O3/c42-37(33-17-15-31(21-35(33)27-9-3-1-4-10-27)43-19-7-13-29-23-38-25-40-29)34-18-16-32(22-36(34)28-11-5-2-6-12-28)44-20-8-14-30-24-39-26-41-30/h15-18,21-28H,1-14,19-20H2,(H,38,40)(H,39,41). The molecule has 2 aromatic heterocycles. The SMILES string of the molecule is O=C(c1ccc(OCCCc2cnc[nH]2)cc1C1CCCCC1)c1ccc(OCCCc2cnc[nH]2)cc1C1CCCCC1. The Labute approximate surface area is 261 Å². The van der Waals surface area contributed by atoms with Crippen LogP contribution in [0.3, 0.4) is 0 Å². The summed E-state index contributed by atoms with van der Waals surface area (Å²) in [6.07, 6.45) is 22.7. The number of rotatable bonds is 14. The minimum Gasteiger partial charge on any atom is -0.494 e. The van der Waals surface area contributed by atoms with Gasteiger partial charge < -0.3 is 19.4 Å². The van der Waals surface area contributed by atoms with Crippen molar-refractivity contribution in [2.75, 3.05) is 13.2 Å². The van der Waals surface area contributed by atoms with Crippen molar-refractivity contribution in [1.29, 1.82) is 0 Å². The molecule has 2 fully saturated rings. The van der Waals surface area contributed by atoms with Gasteiger partial charge in [-0.05, 0) is 111 Å². The zero-order valence-electron chi connectivity index (χ0n) is 25.9. The zero-order chi connectivity index (χ0) is 30.0. The Hall–Kier alpha value is -3.87. The lowest BCUT2D eigenvalue weighted by atomic mass is 9.78. The number of carbonyl (C=O) groups excluding carboxylic acids is 1. The van der Waals surface area contributed by atoms with Gasteiger partial charge in [-0.25, -0.2) is 9.97 Å². The number of H-pyrrole nitrogens is 2. The summed E-state index contributed by atoms with van der Waals surface area (Å²) < 4.78 is 12.4. The highest BCUT2D eigenvalue weighted by Gasteiger charge is 2.27. The largest absolute Gasteiger partial charge is 0.494 e. The third kappa shape index (κ3) is 7.79. The van der Waals surface area contributed by atoms with Gasteiger partial charge in [0.15, 0.2) is 5.78 Å². The Bertz CT molecular complexity index is 1340. The van der Waals surface area contributed by atoms with Crippen LogP contribution in [0.1, 0.15) is 127 Å². The highest BCUT2D eigenvalue weighted by Crippen LogP contribution is 2.40. The second-order valence-electron chi connectivity index (χ2n) is 12.6. The predicted molar refractivity (Wildman–Crippen MR) is 173 cm³/mol. The highest BCUT2D eigenvalue weighted by atomic mass is 16.5. The fourth-order valence-electron chi connectivity index (χ4n) is 7.07. The Kier molecular flexibility index (Phi) is 10.4. The number of aromatic nitrogens is 4. The Morgan fingerprint density at radius 1 is 0.659 bits per heavy atom. The minimum absolute atomic E-state index is 0.141. The van der Waals surface area contributed by atoms with Crippen LogP contribution in [0.2, 0.25) is 0 Å². The molecule has 2 aromatic carbocycles. The predicted octanol–water partition coefficient (Wildman–Crippen LogP) is 8.48. The van der Waals surface area contributed by atoms with Gasteiger partial charge in [-0.2, -0.15) is 0 Å². The van der Waals surface area contributed by atoms with Crippen LogP contribution < -0.4 is 9.47 Å². The van der Waals surface area contributed by atoms with E-state index in [1.807, 2.05) is 36.7 Å². The number of hydrogen-bond donors (Lipinski definition) is 2. The summed E-state index contributed by atoms with van der Waals surface area (Å²) in [5.41, 5.74) is 6.25. The highest BCUT2D eigenvalue weighted by molar-refractivity contribution is 6.11. The molecule has 4 aromatic rings. The number of carbonyl (C=O) groups is 1. The van der Waals surface area contributed by atoms with Crippen LogP contribution in [0.15, 0.2) is 61.4 Å². The van der Waals surface area contributed by atoms with Crippen LogP contribution in [-0.4, -0.2) is 38.9 Å². The van der Waals surface area contributed by atoms with Crippen molar-refractivity contribution in [1.82, 2.24) is 19.9 Å². The van der Waals surface area contributed by atoms with Gasteiger partial charge >= 0.3 is 0 Å². The van der Waals surface area contributed by atoms with E-state index < -0.39 is 0 Å². The van der Waals surface area contributed by atoms with Gasteiger partial charge in [0, 0.05) is 34.9 Å². The quantitative estimate of drug-likeness (QED) is 0.113. The maximum absolute atomic E-state index is 14.5. The molecule has 2 aliphatic carbocycles. The lowest BCUT2D eigenvalue weighted by molar-refractivity contribution is 0.103. The van der Waals surface area contributed by atoms with Crippen molar-refractivity contribution in [3.8, 4) is 11.5 Å². The molecule has 0 radical (unpaired) electrons. The van der Waals surface area contributed by atoms with E-state index in [4.69, 9.17) is 9.47 Å². The number of hydrogen-bond acceptors (Lipinski definition) is 5. The smallest absolute Gasteiger partial charge is 0.193 e. The molecular formula is C37H46N4O3. The van der Waals surface area contributed by atoms with Crippen molar-refractivity contribution < 1.29 is 14.3 Å². The van der Waals surface area contributed by atoms with Crippen molar-refractivity contribution in [2.45, 2.75) is 102 Å². The molecule has 44 heavy (non-hydrogen) atoms. The molecule has 0 unspecified atom stereocenters. The molecular weight excluding hydrogens is 548 g/mol. The second kappa shape index (κ2) is 15.2. The number of aromatic amines is 2. The fourth-order valence-corrected chi connectivity index (χ4v) is 7.07. The molecule has 2 heterocycles. The molecule has 6 rings (SSSR count). The summed E-state index contributed by atoms with van der Waals surface area (Å²) in [6, 6.07) is 12.4. The Morgan fingerprint density at radius 2 is 1.11 bits per heavy atom. The number of ketones is 1. The van der Waals surface area contributed by atoms with Crippen molar-refractivity contribution in [2.24, 2.45) is 0 Å². The van der Waals surface area contributed by atoms with E-state index in [1.54, 1.807) is 12.7 Å². The van der Waals surface area contributed by atoms with Crippen LogP contribution in [0.25, 0.3) is 0 Å². The first kappa shape index (κ1) is 30.2. The van der Waals surface area contributed by atoms with Crippen LogP contribution in [-0.2, 0) is 12.8 Å². The van der Waals surface area contributed by atoms with Gasteiger partial charge in [0.1, 0.15) is 11.5 Å². The molecule has 0 atom stereocenters. The number of benzene rings is 2. The molecule has 0 saturated heterocycles. The van der Waals surface area contributed by atoms with E-state index in [0.29, 0.717) is 25.0 Å². The number of aryl methyl sites for hydroxylation is 2. The number of nitrogens with zero attached hydrogens (tertiary/aromatic N) is 2. The van der Waals surface area contributed by atoms with Gasteiger partial charge in [-0.15, -0.1) is 0 Å². The molecule has 0 amide bonds. The first-order chi connectivity index (χ1) is 21.7. The van der Waals surface area contributed by atoms with Crippen LogP contribution in [0.5, 0.6) is 11.5 Å². The Balaban J connectivity index is 1.21. The number of imidazole rings is 2. The maximum Gasteiger partial charge on any atom is 0.193 e. The molecule has 0 spiro atoms. The lowest BCUT2D eigenvalue weighted by Crippen LogP contribution is -2.16. The number of nitrogens with one attached hydrogen (secondary N) is 2. The van der Waals surface area contributed by atoms with E-state index in [-0.39, 0.29) is 5.78 Å². The average molecular weight is 595 g/mol. The van der Waals surface area contributed by atoms with E-state index in [0.717, 1.165) is 96.5 Å². The fraction of sp³-hybridized carbons (Fsp3) is 0.486. The lowest BCUT2D eigenvalue weighted by Gasteiger charge is -2.27. The van der Waals surface area contributed by atoms with Gasteiger partial charge in [-0.3, -0.25) is 4.79 Å². The summed E-state index contributed by atoms with van der Waals surface area (Å²) in [5.74, 6) is 2.65. The van der Waals surface area contributed by atoms with Gasteiger partial charge in [0.2, 0.25) is 0 Å². The summed E-state index contributed by atoms with van der Waals surface area (Å²) in [6.45, 7) is 1.26. The van der Waals surface area contributed by atoms with Crippen LogP contribution in [0, 0.1) is 0 Å². The Morgan fingerprint density at radius 3 is 1.52 bits per heavy atom. The molecule has 0 aliphatic heterocycles. The van der Waals surface area contributed by atoms with E-state index in [1.165, 1.54) is 38.5 Å². The molecule has 0 bridgehead atoms. The third-order valence-corrected chi connectivity index (χ3v) is 9.45. The first-order valence-electron chi connectivity index (χ1n) is 16.8. The van der Waals surface area contributed by atoms with Gasteiger partial charge in [0.25, 0.3) is 0 Å². The summed E-state index contributed by atoms with van der Waals surface area (Å²) in [4.78, 5) is 29.0. The average Bonchev–Trinajstić information content (AvgIpc) is 3.81. The molecule has 232 valence electrons. The third-order valence-electron chi connectivity index (χ3n) is 9.45. The number of ether oxygens (including phenoxy) is 2. The topological polar surface area (TPSA) is 92.9 Å². The van der Waals surface area contributed by atoms with Crippen LogP contribution in [0.4, 0.5) is 0 Å². The summed E-state index contributed by atoms with van der Waals surface area (Å²) in [7, 11) is 0. The van der Waals surface area contributed by atoms with E-state index in [9.17, 15) is 4.79 Å². The summed E-state index contributed by atoms with van der Waals surface area (Å²) >= 11 is 0. The van der Waals surface area contributed by atoms with Crippen molar-refractivity contribution in [3.63, 3.8) is 0 Å². The zero-order valence-corrected chi connectivity index (χ0v) is 25.9. The molecule has 2 saturated carbocycles. The molecule has 2 aliphatic rings. The van der Waals surface area contributed by atoms with Gasteiger partial charge in [0.05, 0.1) is 25.9 Å². The van der Waals surface area contributed by atoms with Crippen molar-refractivity contribution >= 4 is 5.78 Å². The van der Waals surface area contributed by atoms with Gasteiger partial charge in [-0.1, -0.05) is 38.5 Å². The van der Waals surface area contributed by atoms with Crippen LogP contribution >= 0.6 is 0 Å². The second-order valence-corrected chi connectivity index (χ2v) is 12.6. The normalized spacial score (nSPS) is 16.2. The maximum atomic E-state index is 14.5. The van der Waals surface area contributed by atoms with E-state index in [2.05, 4.69) is 32.1 Å². The first-order valence-corrected chi connectivity index (χ1v) is 16.8. The molecule has 2 N–H and O–H groups in total. The summed E-state index contributed by atoms with van der Waals surface area (Å²) in [5, 5.41) is 0. The molecule has 7 nitrogen and oxygen atoms in total. The van der Waals surface area contributed by atoms with E-state index >= 15 is 0 Å².